The first-order valence-corrected chi connectivity index (χ1v) is 5.04. The van der Waals surface area contributed by atoms with Crippen molar-refractivity contribution in [2.24, 2.45) is 0 Å². The first-order valence-electron chi connectivity index (χ1n) is 5.04. The molecule has 0 aliphatic rings. The van der Waals surface area contributed by atoms with E-state index in [0.717, 1.165) is 23.4 Å². The van der Waals surface area contributed by atoms with E-state index >= 15 is 0 Å². The molecule has 2 aromatic heterocycles. The van der Waals surface area contributed by atoms with Crippen LogP contribution in [-0.2, 0) is 6.54 Å². The molecule has 0 unspecified atom stereocenters. The Morgan fingerprint density at radius 2 is 2.14 bits per heavy atom. The van der Waals surface area contributed by atoms with Crippen LogP contribution in [0.4, 0.5) is 0 Å². The van der Waals surface area contributed by atoms with Gasteiger partial charge in [-0.3, -0.25) is 0 Å². The van der Waals surface area contributed by atoms with E-state index < -0.39 is 0 Å². The van der Waals surface area contributed by atoms with Crippen molar-refractivity contribution in [3.63, 3.8) is 0 Å². The Balaban J connectivity index is 2.61. The lowest BCUT2D eigenvalue weighted by atomic mass is 10.1. The highest BCUT2D eigenvalue weighted by Gasteiger charge is 2.06. The summed E-state index contributed by atoms with van der Waals surface area (Å²) in [5.41, 5.74) is 3.11. The summed E-state index contributed by atoms with van der Waals surface area (Å²) in [4.78, 5) is 8.90. The van der Waals surface area contributed by atoms with Crippen LogP contribution in [0.1, 0.15) is 32.4 Å². The second-order valence-electron chi connectivity index (χ2n) is 3.76. The molecule has 0 aliphatic heterocycles. The zero-order valence-corrected chi connectivity index (χ0v) is 8.86. The van der Waals surface area contributed by atoms with Crippen LogP contribution in [0, 0.1) is 0 Å². The van der Waals surface area contributed by atoms with Crippen LogP contribution in [0.2, 0.25) is 0 Å². The molecule has 0 atom stereocenters. The lowest BCUT2D eigenvalue weighted by molar-refractivity contribution is 0.765. The summed E-state index contributed by atoms with van der Waals surface area (Å²) in [6.45, 7) is 7.33. The highest BCUT2D eigenvalue weighted by molar-refractivity contribution is 5.70. The fourth-order valence-corrected chi connectivity index (χ4v) is 1.51. The van der Waals surface area contributed by atoms with Gasteiger partial charge in [-0.2, -0.15) is 0 Å². The van der Waals surface area contributed by atoms with Crippen LogP contribution in [0.25, 0.3) is 11.2 Å². The molecule has 2 heterocycles. The van der Waals surface area contributed by atoms with E-state index in [4.69, 9.17) is 0 Å². The van der Waals surface area contributed by atoms with Gasteiger partial charge < -0.3 is 4.57 Å². The Morgan fingerprint density at radius 1 is 1.36 bits per heavy atom. The largest absolute Gasteiger partial charge is 0.316 e. The molecular weight excluding hydrogens is 174 g/mol. The fourth-order valence-electron chi connectivity index (χ4n) is 1.51. The Kier molecular flexibility index (Phi) is 2.23. The van der Waals surface area contributed by atoms with Crippen molar-refractivity contribution in [2.75, 3.05) is 0 Å². The summed E-state index contributed by atoms with van der Waals surface area (Å²) in [6.07, 6.45) is 1.85. The molecule has 0 N–H and O–H groups in total. The molecule has 14 heavy (non-hydrogen) atoms. The van der Waals surface area contributed by atoms with Crippen LogP contribution in [0.15, 0.2) is 18.5 Å². The molecule has 0 aromatic carbocycles. The first kappa shape index (κ1) is 9.19. The van der Waals surface area contributed by atoms with Crippen molar-refractivity contribution in [3.05, 3.63) is 24.2 Å². The number of aromatic nitrogens is 3. The van der Waals surface area contributed by atoms with Gasteiger partial charge in [0.1, 0.15) is 5.52 Å². The maximum atomic E-state index is 4.61. The van der Waals surface area contributed by atoms with Crippen molar-refractivity contribution in [1.29, 1.82) is 0 Å². The molecule has 2 aromatic rings. The van der Waals surface area contributed by atoms with Crippen molar-refractivity contribution in [1.82, 2.24) is 14.5 Å². The number of fused-ring (bicyclic) bond motifs is 1. The molecule has 0 aliphatic carbocycles. The SMILES string of the molecule is CCn1cnc2ccc(C(C)C)nc21. The van der Waals surface area contributed by atoms with Crippen molar-refractivity contribution < 1.29 is 0 Å². The summed E-state index contributed by atoms with van der Waals surface area (Å²) < 4.78 is 2.07. The van der Waals surface area contributed by atoms with Gasteiger partial charge >= 0.3 is 0 Å². The number of nitrogens with zero attached hydrogens (tertiary/aromatic N) is 3. The van der Waals surface area contributed by atoms with E-state index in [9.17, 15) is 0 Å². The molecule has 3 nitrogen and oxygen atoms in total. The standard InChI is InChI=1S/C11H15N3/c1-4-14-7-12-10-6-5-9(8(2)3)13-11(10)14/h5-8H,4H2,1-3H3. The number of imidazole rings is 1. The van der Waals surface area contributed by atoms with E-state index in [1.165, 1.54) is 0 Å². The molecule has 0 bridgehead atoms. The number of aryl methyl sites for hydroxylation is 1. The Bertz CT molecular complexity index is 443. The lowest BCUT2D eigenvalue weighted by Gasteiger charge is -2.04. The average Bonchev–Trinajstić information content (AvgIpc) is 2.59. The smallest absolute Gasteiger partial charge is 0.160 e. The van der Waals surface area contributed by atoms with Gasteiger partial charge in [0.15, 0.2) is 5.65 Å². The van der Waals surface area contributed by atoms with Crippen LogP contribution >= 0.6 is 0 Å². The monoisotopic (exact) mass is 189 g/mol. The predicted molar refractivity (Wildman–Crippen MR) is 57.3 cm³/mol. The van der Waals surface area contributed by atoms with Crippen molar-refractivity contribution in [2.45, 2.75) is 33.2 Å². The van der Waals surface area contributed by atoms with Gasteiger partial charge in [0.2, 0.25) is 0 Å². The van der Waals surface area contributed by atoms with Crippen LogP contribution < -0.4 is 0 Å². The van der Waals surface area contributed by atoms with E-state index in [-0.39, 0.29) is 0 Å². The summed E-state index contributed by atoms with van der Waals surface area (Å²) in [6, 6.07) is 4.10. The summed E-state index contributed by atoms with van der Waals surface area (Å²) in [5, 5.41) is 0. The third-order valence-corrected chi connectivity index (χ3v) is 2.42. The summed E-state index contributed by atoms with van der Waals surface area (Å²) in [7, 11) is 0. The molecule has 3 heteroatoms. The molecule has 0 amide bonds. The Hall–Kier alpha value is -1.38. The van der Waals surface area contributed by atoms with Crippen LogP contribution in [0.3, 0.4) is 0 Å². The number of hydrogen-bond donors (Lipinski definition) is 0. The summed E-state index contributed by atoms with van der Waals surface area (Å²) in [5.74, 6) is 0.472. The Morgan fingerprint density at radius 3 is 2.79 bits per heavy atom. The highest BCUT2D eigenvalue weighted by Crippen LogP contribution is 2.16. The second kappa shape index (κ2) is 3.40. The molecule has 0 spiro atoms. The van der Waals surface area contributed by atoms with Gasteiger partial charge in [0, 0.05) is 12.2 Å². The lowest BCUT2D eigenvalue weighted by Crippen LogP contribution is -1.97. The van der Waals surface area contributed by atoms with Crippen LogP contribution in [0.5, 0.6) is 0 Å². The minimum atomic E-state index is 0.472. The topological polar surface area (TPSA) is 30.7 Å². The minimum Gasteiger partial charge on any atom is -0.316 e. The average molecular weight is 189 g/mol. The van der Waals surface area contributed by atoms with Gasteiger partial charge in [-0.1, -0.05) is 13.8 Å². The van der Waals surface area contributed by atoms with Gasteiger partial charge in [0.25, 0.3) is 0 Å². The van der Waals surface area contributed by atoms with Crippen LogP contribution in [-0.4, -0.2) is 14.5 Å². The molecule has 0 radical (unpaired) electrons. The number of pyridine rings is 1. The quantitative estimate of drug-likeness (QED) is 0.727. The van der Waals surface area contributed by atoms with Gasteiger partial charge in [-0.25, -0.2) is 9.97 Å². The molecular formula is C11H15N3. The summed E-state index contributed by atoms with van der Waals surface area (Å²) >= 11 is 0. The predicted octanol–water partition coefficient (Wildman–Crippen LogP) is 2.57. The highest BCUT2D eigenvalue weighted by atomic mass is 15.1. The van der Waals surface area contributed by atoms with E-state index in [0.29, 0.717) is 5.92 Å². The van der Waals surface area contributed by atoms with E-state index in [2.05, 4.69) is 41.4 Å². The first-order chi connectivity index (χ1) is 6.72. The third kappa shape index (κ3) is 1.39. The van der Waals surface area contributed by atoms with Crippen molar-refractivity contribution >= 4 is 11.2 Å². The maximum absolute atomic E-state index is 4.61. The minimum absolute atomic E-state index is 0.472. The van der Waals surface area contributed by atoms with Gasteiger partial charge in [-0.05, 0) is 25.0 Å². The molecule has 0 saturated carbocycles. The second-order valence-corrected chi connectivity index (χ2v) is 3.76. The van der Waals surface area contributed by atoms with E-state index in [1.54, 1.807) is 0 Å². The van der Waals surface area contributed by atoms with Gasteiger partial charge in [-0.15, -0.1) is 0 Å². The third-order valence-electron chi connectivity index (χ3n) is 2.42. The molecule has 2 rings (SSSR count). The molecule has 0 saturated heterocycles. The zero-order valence-electron chi connectivity index (χ0n) is 8.86. The molecule has 74 valence electrons. The Labute approximate surface area is 83.8 Å². The normalized spacial score (nSPS) is 11.4. The van der Waals surface area contributed by atoms with E-state index in [1.807, 2.05) is 12.4 Å². The number of rotatable bonds is 2. The number of hydrogen-bond acceptors (Lipinski definition) is 2. The maximum Gasteiger partial charge on any atom is 0.160 e. The van der Waals surface area contributed by atoms with Crippen molar-refractivity contribution in [3.8, 4) is 0 Å². The fraction of sp³-hybridized carbons (Fsp3) is 0.455. The molecule has 0 fully saturated rings. The zero-order chi connectivity index (χ0) is 10.1. The van der Waals surface area contributed by atoms with Gasteiger partial charge in [0.05, 0.1) is 6.33 Å².